The van der Waals surface area contributed by atoms with Gasteiger partial charge in [-0.3, -0.25) is 4.79 Å². The van der Waals surface area contributed by atoms with Crippen molar-refractivity contribution in [3.63, 3.8) is 0 Å². The first-order valence-electron chi connectivity index (χ1n) is 11.0. The predicted molar refractivity (Wildman–Crippen MR) is 124 cm³/mol. The summed E-state index contributed by atoms with van der Waals surface area (Å²) >= 11 is 7.37. The van der Waals surface area contributed by atoms with Crippen molar-refractivity contribution in [1.29, 1.82) is 5.26 Å². The lowest BCUT2D eigenvalue weighted by molar-refractivity contribution is -0.137. The third-order valence-electron chi connectivity index (χ3n) is 5.41. The first kappa shape index (κ1) is 25.2. The Morgan fingerprint density at radius 3 is 2.21 bits per heavy atom. The molecule has 0 fully saturated rings. The number of hydrogen-bond donors (Lipinski definition) is 1. The lowest BCUT2D eigenvalue weighted by Gasteiger charge is -2.19. The summed E-state index contributed by atoms with van der Waals surface area (Å²) in [6.45, 7) is 2.25. The number of carboxylic acid groups (broad SMARTS) is 1. The van der Waals surface area contributed by atoms with Gasteiger partial charge in [-0.25, -0.2) is 0 Å². The number of hydrogen-bond acceptors (Lipinski definition) is 4. The number of allylic oxidation sites excluding steroid dienone is 2. The third kappa shape index (κ3) is 10.1. The van der Waals surface area contributed by atoms with Crippen molar-refractivity contribution in [2.24, 2.45) is 5.41 Å². The van der Waals surface area contributed by atoms with Gasteiger partial charge in [-0.2, -0.15) is 5.26 Å². The molecular formula is C23H37NO2S2. The number of unbranched alkanes of at least 4 members (excludes halogenated alkanes) is 10. The van der Waals surface area contributed by atoms with Gasteiger partial charge in [-0.1, -0.05) is 76.9 Å². The summed E-state index contributed by atoms with van der Waals surface area (Å²) in [7, 11) is 0. The van der Waals surface area contributed by atoms with Crippen LogP contribution in [0, 0.1) is 16.7 Å². The monoisotopic (exact) mass is 423 g/mol. The molecule has 5 heteroatoms. The van der Waals surface area contributed by atoms with Crippen LogP contribution in [0.1, 0.15) is 103 Å². The summed E-state index contributed by atoms with van der Waals surface area (Å²) in [5.74, 6) is -0.00829. The van der Waals surface area contributed by atoms with E-state index in [0.717, 1.165) is 36.3 Å². The quantitative estimate of drug-likeness (QED) is 0.194. The van der Waals surface area contributed by atoms with Crippen molar-refractivity contribution in [3.8, 4) is 6.07 Å². The zero-order valence-corrected chi connectivity index (χ0v) is 19.1. The van der Waals surface area contributed by atoms with Crippen LogP contribution in [0.3, 0.4) is 0 Å². The fraction of sp³-hybridized carbons (Fsp3) is 0.783. The van der Waals surface area contributed by atoms with Crippen molar-refractivity contribution in [2.75, 3.05) is 5.75 Å². The molecule has 0 amide bonds. The molecule has 0 bridgehead atoms. The molecule has 3 nitrogen and oxygen atoms in total. The highest BCUT2D eigenvalue weighted by molar-refractivity contribution is 8.03. The zero-order valence-electron chi connectivity index (χ0n) is 17.5. The van der Waals surface area contributed by atoms with E-state index in [4.69, 9.17) is 17.3 Å². The second kappa shape index (κ2) is 15.0. The van der Waals surface area contributed by atoms with Crippen molar-refractivity contribution >= 4 is 34.8 Å². The highest BCUT2D eigenvalue weighted by Gasteiger charge is 2.37. The van der Waals surface area contributed by atoms with Crippen LogP contribution in [0.2, 0.25) is 0 Å². The highest BCUT2D eigenvalue weighted by atomic mass is 32.2. The maximum Gasteiger partial charge on any atom is 0.303 e. The zero-order chi connectivity index (χ0) is 20.7. The molecule has 28 heavy (non-hydrogen) atoms. The predicted octanol–water partition coefficient (Wildman–Crippen LogP) is 7.45. The molecule has 158 valence electrons. The van der Waals surface area contributed by atoms with Gasteiger partial charge in [-0.05, 0) is 43.1 Å². The summed E-state index contributed by atoms with van der Waals surface area (Å²) in [5, 5.41) is 18.5. The summed E-state index contributed by atoms with van der Waals surface area (Å²) in [4.78, 5) is 12.7. The van der Waals surface area contributed by atoms with E-state index in [2.05, 4.69) is 19.1 Å². The maximum absolute atomic E-state index is 10.6. The molecule has 1 aliphatic heterocycles. The number of carbonyl (C=O) groups is 1. The van der Waals surface area contributed by atoms with Crippen LogP contribution in [0.4, 0.5) is 0 Å². The minimum Gasteiger partial charge on any atom is -0.481 e. The van der Waals surface area contributed by atoms with Crippen molar-refractivity contribution < 1.29 is 9.90 Å². The van der Waals surface area contributed by atoms with E-state index < -0.39 is 11.4 Å². The Morgan fingerprint density at radius 2 is 1.64 bits per heavy atom. The van der Waals surface area contributed by atoms with Crippen LogP contribution in [0.5, 0.6) is 0 Å². The summed E-state index contributed by atoms with van der Waals surface area (Å²) < 4.78 is 0. The molecule has 0 saturated carbocycles. The molecule has 0 aliphatic carbocycles. The second-order valence-corrected chi connectivity index (χ2v) is 9.53. The fourth-order valence-corrected chi connectivity index (χ4v) is 5.29. The number of thioether (sulfide) groups is 1. The molecular weight excluding hydrogens is 386 g/mol. The van der Waals surface area contributed by atoms with Gasteiger partial charge in [-0.15, -0.1) is 11.8 Å². The van der Waals surface area contributed by atoms with Crippen LogP contribution >= 0.6 is 24.0 Å². The molecule has 1 atom stereocenters. The van der Waals surface area contributed by atoms with Crippen LogP contribution in [0.15, 0.2) is 11.0 Å². The van der Waals surface area contributed by atoms with Crippen LogP contribution < -0.4 is 0 Å². The van der Waals surface area contributed by atoms with Gasteiger partial charge in [0.25, 0.3) is 0 Å². The average Bonchev–Trinajstić information content (AvgIpc) is 3.11. The number of nitrogens with zero attached hydrogens (tertiary/aromatic N) is 1. The van der Waals surface area contributed by atoms with E-state index in [1.165, 1.54) is 62.7 Å². The largest absolute Gasteiger partial charge is 0.481 e. The molecule has 1 N–H and O–H groups in total. The van der Waals surface area contributed by atoms with Crippen LogP contribution in [-0.2, 0) is 4.79 Å². The van der Waals surface area contributed by atoms with Gasteiger partial charge in [0.1, 0.15) is 5.41 Å². The number of thiocarbonyl (C=S) groups is 1. The molecule has 0 spiro atoms. The molecule has 1 unspecified atom stereocenters. The summed E-state index contributed by atoms with van der Waals surface area (Å²) in [5.41, 5.74) is -0.582. The Morgan fingerprint density at radius 1 is 1.07 bits per heavy atom. The highest BCUT2D eigenvalue weighted by Crippen LogP contribution is 2.42. The normalized spacial score (nSPS) is 18.6. The van der Waals surface area contributed by atoms with Crippen LogP contribution in [-0.4, -0.2) is 21.7 Å². The second-order valence-electron chi connectivity index (χ2n) is 7.94. The van der Waals surface area contributed by atoms with E-state index >= 15 is 0 Å². The van der Waals surface area contributed by atoms with E-state index in [1.807, 2.05) is 0 Å². The average molecular weight is 424 g/mol. The lowest BCUT2D eigenvalue weighted by atomic mass is 9.85. The first-order valence-corrected chi connectivity index (χ1v) is 12.4. The van der Waals surface area contributed by atoms with Crippen molar-refractivity contribution in [3.05, 3.63) is 11.0 Å². The number of nitriles is 1. The van der Waals surface area contributed by atoms with Gasteiger partial charge in [0.05, 0.1) is 6.07 Å². The molecule has 0 radical (unpaired) electrons. The Kier molecular flexibility index (Phi) is 13.5. The van der Waals surface area contributed by atoms with E-state index in [9.17, 15) is 10.1 Å². The topological polar surface area (TPSA) is 61.1 Å². The number of aliphatic carboxylic acids is 1. The Labute approximate surface area is 181 Å². The molecule has 0 aromatic heterocycles. The Bertz CT molecular complexity index is 553. The molecule has 0 saturated heterocycles. The van der Waals surface area contributed by atoms with Crippen LogP contribution in [0.25, 0.3) is 0 Å². The summed E-state index contributed by atoms with van der Waals surface area (Å²) in [6, 6.07) is 2.47. The van der Waals surface area contributed by atoms with Gasteiger partial charge in [0, 0.05) is 17.0 Å². The van der Waals surface area contributed by atoms with Crippen molar-refractivity contribution in [2.45, 2.75) is 103 Å². The summed E-state index contributed by atoms with van der Waals surface area (Å²) in [6.07, 6.45) is 18.6. The van der Waals surface area contributed by atoms with Gasteiger partial charge < -0.3 is 5.11 Å². The Balaban J connectivity index is 2.21. The van der Waals surface area contributed by atoms with E-state index in [0.29, 0.717) is 6.42 Å². The lowest BCUT2D eigenvalue weighted by Crippen LogP contribution is -2.26. The van der Waals surface area contributed by atoms with E-state index in [1.54, 1.807) is 11.8 Å². The maximum atomic E-state index is 10.6. The first-order chi connectivity index (χ1) is 13.5. The Hall–Kier alpha value is -0.860. The number of carboxylic acids is 1. The third-order valence-corrected chi connectivity index (χ3v) is 7.27. The molecule has 0 aromatic rings. The smallest absolute Gasteiger partial charge is 0.303 e. The molecule has 1 rings (SSSR count). The molecule has 1 heterocycles. The molecule has 1 aliphatic rings. The van der Waals surface area contributed by atoms with Crippen molar-refractivity contribution in [1.82, 2.24) is 0 Å². The standard InChI is InChI=1S/C23H37NO2S2/c1-2-3-4-5-6-7-8-9-10-11-15-21(27)23(18-24)17-20(28-19-23)14-12-13-16-22(25)26/h17H,2-16,19H2,1H3,(H,25,26). The van der Waals surface area contributed by atoms with Gasteiger partial charge >= 0.3 is 5.97 Å². The van der Waals surface area contributed by atoms with Gasteiger partial charge in [0.2, 0.25) is 0 Å². The fourth-order valence-electron chi connectivity index (χ4n) is 3.57. The molecule has 0 aromatic carbocycles. The van der Waals surface area contributed by atoms with Gasteiger partial charge in [0.15, 0.2) is 0 Å². The SMILES string of the molecule is CCCCCCCCCCCCC(=S)C1(C#N)C=C(CCCCC(=O)O)SC1. The minimum atomic E-state index is -0.739. The number of rotatable bonds is 17. The van der Waals surface area contributed by atoms with E-state index in [-0.39, 0.29) is 6.42 Å². The minimum absolute atomic E-state index is 0.221.